The van der Waals surface area contributed by atoms with Gasteiger partial charge in [0.25, 0.3) is 0 Å². The van der Waals surface area contributed by atoms with E-state index in [1.165, 1.54) is 0 Å². The minimum Gasteiger partial charge on any atom is -0.460 e. The maximum Gasteiger partial charge on any atom is 0.228 e. The molecule has 0 fully saturated rings. The van der Waals surface area contributed by atoms with E-state index in [2.05, 4.69) is 6.07 Å². The third-order valence-corrected chi connectivity index (χ3v) is 5.53. The van der Waals surface area contributed by atoms with Crippen LogP contribution in [0.2, 0.25) is 0 Å². The highest BCUT2D eigenvalue weighted by molar-refractivity contribution is 7.78. The van der Waals surface area contributed by atoms with Crippen molar-refractivity contribution < 1.29 is 9.32 Å². The number of hydrogen-bond donors (Lipinski definition) is 0. The van der Waals surface area contributed by atoms with Crippen LogP contribution in [0, 0.1) is 0 Å². The normalized spacial score (nSPS) is 15.4. The van der Waals surface area contributed by atoms with Gasteiger partial charge in [0, 0.05) is 16.4 Å². The molecule has 0 spiro atoms. The Morgan fingerprint density at radius 2 is 1.36 bits per heavy atom. The van der Waals surface area contributed by atoms with Gasteiger partial charge in [-0.1, -0.05) is 72.8 Å². The molecule has 4 rings (SSSR count). The summed E-state index contributed by atoms with van der Waals surface area (Å²) in [5.41, 5.74) is 2.90. The quantitative estimate of drug-likeness (QED) is 0.646. The van der Waals surface area contributed by atoms with Crippen molar-refractivity contribution in [3.05, 3.63) is 84.4 Å². The fourth-order valence-corrected chi connectivity index (χ4v) is 4.42. The molecule has 0 radical (unpaired) electrons. The molecule has 1 aliphatic rings. The Kier molecular flexibility index (Phi) is 3.25. The van der Waals surface area contributed by atoms with Crippen molar-refractivity contribution in [3.63, 3.8) is 0 Å². The molecule has 2 nitrogen and oxygen atoms in total. The largest absolute Gasteiger partial charge is 0.460 e. The van der Waals surface area contributed by atoms with E-state index < -0.39 is 8.15 Å². The third-order valence-electron chi connectivity index (χ3n) is 3.69. The van der Waals surface area contributed by atoms with Gasteiger partial charge in [0.15, 0.2) is 8.15 Å². The molecule has 0 aliphatic carbocycles. The average Bonchev–Trinajstić information content (AvgIpc) is 2.61. The van der Waals surface area contributed by atoms with E-state index in [0.717, 1.165) is 22.2 Å². The standard InChI is InChI=1S/C19H13O2P/c20-19(14-8-2-1-3-9-14)22-18-13-7-5-11-16(18)15-10-4-6-12-17(15)21-22/h1-13H. The smallest absolute Gasteiger partial charge is 0.228 e. The number of carbonyl (C=O) groups is 1. The number of benzene rings is 3. The van der Waals surface area contributed by atoms with Gasteiger partial charge in [0.05, 0.1) is 0 Å². The van der Waals surface area contributed by atoms with Crippen LogP contribution in [-0.4, -0.2) is 5.52 Å². The Morgan fingerprint density at radius 1 is 0.727 bits per heavy atom. The molecule has 1 heterocycles. The van der Waals surface area contributed by atoms with Crippen molar-refractivity contribution in [3.8, 4) is 16.9 Å². The van der Waals surface area contributed by atoms with Crippen molar-refractivity contribution in [2.45, 2.75) is 0 Å². The lowest BCUT2D eigenvalue weighted by atomic mass is 10.0. The molecule has 0 saturated heterocycles. The summed E-state index contributed by atoms with van der Waals surface area (Å²) >= 11 is 0. The first kappa shape index (κ1) is 13.2. The molecular weight excluding hydrogens is 291 g/mol. The van der Waals surface area contributed by atoms with Gasteiger partial charge in [-0.3, -0.25) is 4.79 Å². The lowest BCUT2D eigenvalue weighted by molar-refractivity contribution is 0.107. The summed E-state index contributed by atoms with van der Waals surface area (Å²) in [6.07, 6.45) is 0. The molecule has 0 bridgehead atoms. The number of para-hydroxylation sites is 1. The molecule has 1 atom stereocenters. The molecule has 0 aromatic heterocycles. The second kappa shape index (κ2) is 5.40. The highest BCUT2D eigenvalue weighted by Crippen LogP contribution is 2.50. The molecule has 0 N–H and O–H groups in total. The topological polar surface area (TPSA) is 26.3 Å². The van der Waals surface area contributed by atoms with E-state index in [1.807, 2.05) is 72.8 Å². The lowest BCUT2D eigenvalue weighted by Gasteiger charge is -2.27. The first-order valence-electron chi connectivity index (χ1n) is 7.10. The minimum absolute atomic E-state index is 0.0533. The van der Waals surface area contributed by atoms with Crippen LogP contribution in [0.3, 0.4) is 0 Å². The summed E-state index contributed by atoms with van der Waals surface area (Å²) in [4.78, 5) is 12.9. The molecule has 106 valence electrons. The van der Waals surface area contributed by atoms with Crippen LogP contribution in [0.25, 0.3) is 11.1 Å². The van der Waals surface area contributed by atoms with E-state index in [9.17, 15) is 4.79 Å². The molecule has 0 saturated carbocycles. The summed E-state index contributed by atoms with van der Waals surface area (Å²) in [5.74, 6) is 0.789. The van der Waals surface area contributed by atoms with Gasteiger partial charge < -0.3 is 4.52 Å². The summed E-state index contributed by atoms with van der Waals surface area (Å²) in [5, 5.41) is 0.991. The molecule has 3 aromatic rings. The van der Waals surface area contributed by atoms with Crippen molar-refractivity contribution >= 4 is 19.0 Å². The van der Waals surface area contributed by atoms with Crippen LogP contribution in [0.5, 0.6) is 5.75 Å². The second-order valence-corrected chi connectivity index (χ2v) is 6.73. The Hall–Kier alpha value is -2.44. The van der Waals surface area contributed by atoms with E-state index >= 15 is 0 Å². The Labute approximate surface area is 130 Å². The number of rotatable bonds is 2. The van der Waals surface area contributed by atoms with Crippen LogP contribution in [0.1, 0.15) is 10.4 Å². The third kappa shape index (κ3) is 2.13. The van der Waals surface area contributed by atoms with Gasteiger partial charge in [-0.25, -0.2) is 0 Å². The van der Waals surface area contributed by atoms with Gasteiger partial charge in [0.1, 0.15) is 5.75 Å². The zero-order valence-corrected chi connectivity index (χ0v) is 12.7. The summed E-state index contributed by atoms with van der Waals surface area (Å²) in [6.45, 7) is 0. The van der Waals surface area contributed by atoms with Crippen molar-refractivity contribution in [2.75, 3.05) is 0 Å². The zero-order valence-electron chi connectivity index (χ0n) is 11.8. The first-order chi connectivity index (χ1) is 10.8. The van der Waals surface area contributed by atoms with Crippen LogP contribution >= 0.6 is 8.15 Å². The van der Waals surface area contributed by atoms with Gasteiger partial charge in [-0.15, -0.1) is 0 Å². The van der Waals surface area contributed by atoms with E-state index in [0.29, 0.717) is 5.56 Å². The molecule has 3 heteroatoms. The molecule has 1 aliphatic heterocycles. The highest BCUT2D eigenvalue weighted by Gasteiger charge is 2.32. The molecule has 1 unspecified atom stereocenters. The Bertz CT molecular complexity index is 843. The van der Waals surface area contributed by atoms with E-state index in [-0.39, 0.29) is 5.52 Å². The predicted octanol–water partition coefficient (Wildman–Crippen LogP) is 4.61. The van der Waals surface area contributed by atoms with Gasteiger partial charge in [-0.05, 0) is 11.6 Å². The number of fused-ring (bicyclic) bond motifs is 3. The van der Waals surface area contributed by atoms with Crippen LogP contribution in [0.15, 0.2) is 78.9 Å². The predicted molar refractivity (Wildman–Crippen MR) is 89.8 cm³/mol. The molecule has 22 heavy (non-hydrogen) atoms. The van der Waals surface area contributed by atoms with Crippen molar-refractivity contribution in [1.29, 1.82) is 0 Å². The van der Waals surface area contributed by atoms with Crippen LogP contribution in [0.4, 0.5) is 0 Å². The maximum atomic E-state index is 12.9. The van der Waals surface area contributed by atoms with Crippen LogP contribution < -0.4 is 9.83 Å². The molecule has 0 amide bonds. The summed E-state index contributed by atoms with van der Waals surface area (Å²) < 4.78 is 6.09. The summed E-state index contributed by atoms with van der Waals surface area (Å²) in [7, 11) is -1.35. The summed E-state index contributed by atoms with van der Waals surface area (Å²) in [6, 6.07) is 25.3. The Morgan fingerprint density at radius 3 is 2.18 bits per heavy atom. The Balaban J connectivity index is 1.85. The lowest BCUT2D eigenvalue weighted by Crippen LogP contribution is -2.19. The minimum atomic E-state index is -1.35. The van der Waals surface area contributed by atoms with Gasteiger partial charge in [0.2, 0.25) is 5.52 Å². The fraction of sp³-hybridized carbons (Fsp3) is 0. The average molecular weight is 304 g/mol. The van der Waals surface area contributed by atoms with Gasteiger partial charge in [-0.2, -0.15) is 0 Å². The molecular formula is C19H13O2P. The van der Waals surface area contributed by atoms with Crippen LogP contribution in [-0.2, 0) is 0 Å². The number of carbonyl (C=O) groups excluding carboxylic acids is 1. The van der Waals surface area contributed by atoms with Crippen molar-refractivity contribution in [2.24, 2.45) is 0 Å². The highest BCUT2D eigenvalue weighted by atomic mass is 31.1. The second-order valence-electron chi connectivity index (χ2n) is 5.07. The zero-order chi connectivity index (χ0) is 14.9. The monoisotopic (exact) mass is 304 g/mol. The van der Waals surface area contributed by atoms with E-state index in [4.69, 9.17) is 4.52 Å². The first-order valence-corrected chi connectivity index (χ1v) is 8.36. The van der Waals surface area contributed by atoms with Gasteiger partial charge >= 0.3 is 0 Å². The fourth-order valence-electron chi connectivity index (χ4n) is 2.64. The van der Waals surface area contributed by atoms with E-state index in [1.54, 1.807) is 0 Å². The maximum absolute atomic E-state index is 12.9. The van der Waals surface area contributed by atoms with Crippen molar-refractivity contribution in [1.82, 2.24) is 0 Å². The molecule has 3 aromatic carbocycles. The number of hydrogen-bond acceptors (Lipinski definition) is 2. The SMILES string of the molecule is O=C(c1ccccc1)P1Oc2ccccc2-c2ccccc21.